The smallest absolute Gasteiger partial charge is 0.314 e. The molecule has 29 heavy (non-hydrogen) atoms. The van der Waals surface area contributed by atoms with E-state index in [-0.39, 0.29) is 12.3 Å². The zero-order valence-electron chi connectivity index (χ0n) is 15.9. The van der Waals surface area contributed by atoms with E-state index < -0.39 is 11.4 Å². The molecular weight excluding hydrogens is 370 g/mol. The Bertz CT molecular complexity index is 1050. The number of nitrogens with zero attached hydrogens (tertiary/aromatic N) is 4. The van der Waals surface area contributed by atoms with Gasteiger partial charge in [-0.3, -0.25) is 9.59 Å². The summed E-state index contributed by atoms with van der Waals surface area (Å²) in [6.45, 7) is 1.56. The average Bonchev–Trinajstić information content (AvgIpc) is 3.44. The van der Waals surface area contributed by atoms with E-state index in [1.165, 1.54) is 0 Å². The lowest BCUT2D eigenvalue weighted by Gasteiger charge is -2.24. The Morgan fingerprint density at radius 1 is 1.17 bits per heavy atom. The second-order valence-electron chi connectivity index (χ2n) is 7.49. The summed E-state index contributed by atoms with van der Waals surface area (Å²) in [6, 6.07) is 16.4. The minimum absolute atomic E-state index is 0.184. The lowest BCUT2D eigenvalue weighted by Crippen LogP contribution is -2.36. The van der Waals surface area contributed by atoms with Crippen LogP contribution >= 0.6 is 0 Å². The molecule has 1 aliphatic rings. The monoisotopic (exact) mass is 391 g/mol. The number of tetrazole rings is 1. The quantitative estimate of drug-likeness (QED) is 0.641. The van der Waals surface area contributed by atoms with Gasteiger partial charge in [0, 0.05) is 17.7 Å². The van der Waals surface area contributed by atoms with Crippen molar-refractivity contribution in [3.63, 3.8) is 0 Å². The fourth-order valence-corrected chi connectivity index (χ4v) is 3.32. The van der Waals surface area contributed by atoms with Crippen molar-refractivity contribution in [2.75, 3.05) is 5.32 Å². The molecule has 2 aromatic carbocycles. The van der Waals surface area contributed by atoms with Gasteiger partial charge in [0.2, 0.25) is 5.91 Å². The maximum Gasteiger partial charge on any atom is 0.314 e. The molecule has 1 saturated carbocycles. The summed E-state index contributed by atoms with van der Waals surface area (Å²) in [5.41, 5.74) is 0.626. The van der Waals surface area contributed by atoms with Crippen LogP contribution in [0, 0.1) is 0 Å². The second-order valence-corrected chi connectivity index (χ2v) is 7.49. The van der Waals surface area contributed by atoms with Gasteiger partial charge in [-0.2, -0.15) is 0 Å². The van der Waals surface area contributed by atoms with Crippen LogP contribution < -0.4 is 5.32 Å². The molecule has 0 saturated heterocycles. The van der Waals surface area contributed by atoms with Gasteiger partial charge in [0.15, 0.2) is 5.82 Å². The summed E-state index contributed by atoms with van der Waals surface area (Å²) in [5, 5.41) is 24.5. The highest BCUT2D eigenvalue weighted by Crippen LogP contribution is 2.37. The van der Waals surface area contributed by atoms with Crippen molar-refractivity contribution in [1.29, 1.82) is 0 Å². The highest BCUT2D eigenvalue weighted by molar-refractivity contribution is 5.96. The van der Waals surface area contributed by atoms with Crippen molar-refractivity contribution in [3.8, 4) is 11.4 Å². The highest BCUT2D eigenvalue weighted by Gasteiger charge is 2.37. The van der Waals surface area contributed by atoms with Crippen LogP contribution in [0.25, 0.3) is 11.4 Å². The number of hydrogen-bond acceptors (Lipinski definition) is 5. The zero-order valence-corrected chi connectivity index (χ0v) is 15.9. The van der Waals surface area contributed by atoms with Gasteiger partial charge >= 0.3 is 5.97 Å². The number of aliphatic carboxylic acids is 1. The van der Waals surface area contributed by atoms with E-state index in [2.05, 4.69) is 20.8 Å². The molecule has 0 bridgehead atoms. The molecule has 4 rings (SSSR count). The van der Waals surface area contributed by atoms with Crippen molar-refractivity contribution >= 4 is 17.6 Å². The predicted molar refractivity (Wildman–Crippen MR) is 106 cm³/mol. The Hall–Kier alpha value is -3.55. The van der Waals surface area contributed by atoms with E-state index in [0.29, 0.717) is 23.1 Å². The summed E-state index contributed by atoms with van der Waals surface area (Å²) in [4.78, 5) is 24.6. The lowest BCUT2D eigenvalue weighted by molar-refractivity contribution is -0.145. The number of rotatable bonds is 7. The van der Waals surface area contributed by atoms with E-state index in [4.69, 9.17) is 0 Å². The van der Waals surface area contributed by atoms with Crippen LogP contribution in [0.5, 0.6) is 0 Å². The first-order valence-corrected chi connectivity index (χ1v) is 9.44. The number of anilines is 1. The van der Waals surface area contributed by atoms with Crippen LogP contribution in [0.1, 0.15) is 37.8 Å². The van der Waals surface area contributed by atoms with Gasteiger partial charge < -0.3 is 10.4 Å². The molecule has 1 heterocycles. The van der Waals surface area contributed by atoms with Gasteiger partial charge in [0.05, 0.1) is 11.5 Å². The normalized spacial score (nSPS) is 15.5. The molecule has 0 radical (unpaired) electrons. The van der Waals surface area contributed by atoms with Crippen LogP contribution in [0.3, 0.4) is 0 Å². The molecule has 8 heteroatoms. The molecule has 0 spiro atoms. The molecule has 3 aromatic rings. The third kappa shape index (κ3) is 3.87. The largest absolute Gasteiger partial charge is 0.481 e. The van der Waals surface area contributed by atoms with E-state index >= 15 is 0 Å². The van der Waals surface area contributed by atoms with Crippen molar-refractivity contribution in [3.05, 3.63) is 60.2 Å². The molecule has 1 amide bonds. The Balaban J connectivity index is 1.52. The number of carbonyl (C=O) groups is 2. The Labute approximate surface area is 167 Å². The highest BCUT2D eigenvalue weighted by atomic mass is 16.4. The summed E-state index contributed by atoms with van der Waals surface area (Å²) >= 11 is 0. The third-order valence-corrected chi connectivity index (χ3v) is 5.19. The Kier molecular flexibility index (Phi) is 4.84. The Morgan fingerprint density at radius 3 is 2.62 bits per heavy atom. The topological polar surface area (TPSA) is 110 Å². The van der Waals surface area contributed by atoms with E-state index in [1.54, 1.807) is 48.0 Å². The van der Waals surface area contributed by atoms with E-state index in [9.17, 15) is 14.7 Å². The molecule has 1 aliphatic carbocycles. The summed E-state index contributed by atoms with van der Waals surface area (Å²) in [7, 11) is 0. The standard InChI is InChI=1S/C21H21N5O3/c1-21(20(28)29,15-7-3-2-4-8-15)13-18(27)22-16-9-5-6-14(12-16)19-23-24-25-26(19)17-10-11-17/h2-9,12,17H,10-11,13H2,1H3,(H,22,27)(H,28,29). The van der Waals surface area contributed by atoms with Crippen LogP contribution in [0.2, 0.25) is 0 Å². The molecule has 1 atom stereocenters. The van der Waals surface area contributed by atoms with Gasteiger partial charge in [-0.05, 0) is 47.9 Å². The van der Waals surface area contributed by atoms with E-state index in [0.717, 1.165) is 18.4 Å². The minimum atomic E-state index is -1.32. The molecule has 148 valence electrons. The van der Waals surface area contributed by atoms with Crippen LogP contribution in [0.4, 0.5) is 5.69 Å². The average molecular weight is 391 g/mol. The van der Waals surface area contributed by atoms with Crippen LogP contribution in [0.15, 0.2) is 54.6 Å². The van der Waals surface area contributed by atoms with E-state index in [1.807, 2.05) is 18.2 Å². The maximum atomic E-state index is 12.7. The molecule has 0 aliphatic heterocycles. The lowest BCUT2D eigenvalue weighted by atomic mass is 9.79. The fourth-order valence-electron chi connectivity index (χ4n) is 3.32. The molecule has 1 aromatic heterocycles. The molecule has 1 fully saturated rings. The number of amides is 1. The van der Waals surface area contributed by atoms with Gasteiger partial charge in [-0.1, -0.05) is 42.5 Å². The van der Waals surface area contributed by atoms with Crippen molar-refractivity contribution in [1.82, 2.24) is 20.2 Å². The number of carboxylic acid groups (broad SMARTS) is 1. The predicted octanol–water partition coefficient (Wildman–Crippen LogP) is 3.05. The van der Waals surface area contributed by atoms with Gasteiger partial charge in [0.25, 0.3) is 0 Å². The summed E-state index contributed by atoms with van der Waals surface area (Å²) < 4.78 is 1.80. The maximum absolute atomic E-state index is 12.7. The summed E-state index contributed by atoms with van der Waals surface area (Å²) in [6.07, 6.45) is 1.93. The number of carboxylic acids is 1. The first-order valence-electron chi connectivity index (χ1n) is 9.44. The molecular formula is C21H21N5O3. The van der Waals surface area contributed by atoms with Crippen LogP contribution in [-0.2, 0) is 15.0 Å². The zero-order chi connectivity index (χ0) is 20.4. The van der Waals surface area contributed by atoms with Crippen molar-refractivity contribution in [2.45, 2.75) is 37.6 Å². The van der Waals surface area contributed by atoms with Crippen LogP contribution in [-0.4, -0.2) is 37.2 Å². The Morgan fingerprint density at radius 2 is 1.93 bits per heavy atom. The second kappa shape index (κ2) is 7.46. The van der Waals surface area contributed by atoms with Gasteiger partial charge in [-0.25, -0.2) is 4.68 Å². The molecule has 8 nitrogen and oxygen atoms in total. The number of nitrogens with one attached hydrogen (secondary N) is 1. The summed E-state index contributed by atoms with van der Waals surface area (Å²) in [5.74, 6) is -0.767. The van der Waals surface area contributed by atoms with Gasteiger partial charge in [0.1, 0.15) is 0 Å². The third-order valence-electron chi connectivity index (χ3n) is 5.19. The number of benzene rings is 2. The van der Waals surface area contributed by atoms with Crippen molar-refractivity contribution in [2.24, 2.45) is 0 Å². The number of carbonyl (C=O) groups excluding carboxylic acids is 1. The number of hydrogen-bond donors (Lipinski definition) is 2. The molecule has 1 unspecified atom stereocenters. The molecule has 2 N–H and O–H groups in total. The first-order chi connectivity index (χ1) is 14.0. The number of aromatic nitrogens is 4. The van der Waals surface area contributed by atoms with Crippen molar-refractivity contribution < 1.29 is 14.7 Å². The minimum Gasteiger partial charge on any atom is -0.481 e. The first kappa shape index (κ1) is 18.8. The fraction of sp³-hybridized carbons (Fsp3) is 0.286. The van der Waals surface area contributed by atoms with Gasteiger partial charge in [-0.15, -0.1) is 5.10 Å². The SMILES string of the molecule is CC(CC(=O)Nc1cccc(-c2nnnn2C2CC2)c1)(C(=O)O)c1ccccc1.